The molecule has 2 aromatic rings. The third-order valence-electron chi connectivity index (χ3n) is 3.67. The van der Waals surface area contributed by atoms with E-state index in [-0.39, 0.29) is 11.7 Å². The van der Waals surface area contributed by atoms with Crippen molar-refractivity contribution in [2.75, 3.05) is 6.54 Å². The van der Waals surface area contributed by atoms with Crippen LogP contribution in [0.15, 0.2) is 53.0 Å². The third-order valence-corrected chi connectivity index (χ3v) is 4.20. The van der Waals surface area contributed by atoms with Crippen molar-refractivity contribution in [1.82, 2.24) is 4.90 Å². The third kappa shape index (κ3) is 2.90. The highest BCUT2D eigenvalue weighted by Gasteiger charge is 2.26. The number of amides is 1. The Morgan fingerprint density at radius 1 is 1.10 bits per heavy atom. The first-order valence-electron chi connectivity index (χ1n) is 6.81. The minimum atomic E-state index is 0.0224. The second-order valence-corrected chi connectivity index (χ2v) is 5.98. The Morgan fingerprint density at radius 2 is 1.81 bits per heavy atom. The first kappa shape index (κ1) is 14.0. The van der Waals surface area contributed by atoms with Crippen molar-refractivity contribution < 1.29 is 9.59 Å². The molecule has 1 aliphatic heterocycles. The number of benzene rings is 2. The van der Waals surface area contributed by atoms with Gasteiger partial charge in [-0.15, -0.1) is 0 Å². The second-order valence-electron chi connectivity index (χ2n) is 5.06. The van der Waals surface area contributed by atoms with Crippen LogP contribution in [0.4, 0.5) is 0 Å². The summed E-state index contributed by atoms with van der Waals surface area (Å²) in [6.45, 7) is 1.06. The highest BCUT2D eigenvalue weighted by molar-refractivity contribution is 9.10. The Morgan fingerprint density at radius 3 is 2.52 bits per heavy atom. The van der Waals surface area contributed by atoms with Gasteiger partial charge in [0.05, 0.1) is 0 Å². The van der Waals surface area contributed by atoms with Crippen molar-refractivity contribution in [2.45, 2.75) is 13.0 Å². The predicted molar refractivity (Wildman–Crippen MR) is 84.3 cm³/mol. The van der Waals surface area contributed by atoms with E-state index in [0.29, 0.717) is 25.1 Å². The number of rotatable bonds is 4. The standard InChI is InChI=1S/C17H14BrNO2/c18-14-7-5-12(6-8-14)16(20)9-10-19-11-13-3-1-2-4-15(13)17(19)21/h1-8H,9-11H2. The summed E-state index contributed by atoms with van der Waals surface area (Å²) in [5.74, 6) is 0.0838. The molecule has 0 fully saturated rings. The van der Waals surface area contributed by atoms with Crippen LogP contribution in [0.1, 0.15) is 32.7 Å². The van der Waals surface area contributed by atoms with E-state index in [4.69, 9.17) is 0 Å². The maximum atomic E-state index is 12.2. The van der Waals surface area contributed by atoms with E-state index in [1.165, 1.54) is 0 Å². The average molecular weight is 344 g/mol. The fourth-order valence-electron chi connectivity index (χ4n) is 2.51. The van der Waals surface area contributed by atoms with Gasteiger partial charge < -0.3 is 4.90 Å². The maximum Gasteiger partial charge on any atom is 0.254 e. The van der Waals surface area contributed by atoms with Gasteiger partial charge >= 0.3 is 0 Å². The Balaban J connectivity index is 1.63. The van der Waals surface area contributed by atoms with Crippen LogP contribution in [0.3, 0.4) is 0 Å². The van der Waals surface area contributed by atoms with Crippen molar-refractivity contribution in [3.05, 3.63) is 69.7 Å². The largest absolute Gasteiger partial charge is 0.334 e. The van der Waals surface area contributed by atoms with Gasteiger partial charge in [-0.2, -0.15) is 0 Å². The minimum Gasteiger partial charge on any atom is -0.334 e. The summed E-state index contributed by atoms with van der Waals surface area (Å²) in [6.07, 6.45) is 0.349. The summed E-state index contributed by atoms with van der Waals surface area (Å²) >= 11 is 3.35. The molecule has 0 bridgehead atoms. The van der Waals surface area contributed by atoms with E-state index >= 15 is 0 Å². The zero-order valence-electron chi connectivity index (χ0n) is 11.4. The molecule has 0 spiro atoms. The van der Waals surface area contributed by atoms with Gasteiger partial charge in [-0.25, -0.2) is 0 Å². The van der Waals surface area contributed by atoms with Crippen molar-refractivity contribution in [3.63, 3.8) is 0 Å². The van der Waals surface area contributed by atoms with Gasteiger partial charge in [0, 0.05) is 35.1 Å². The molecule has 0 atom stereocenters. The minimum absolute atomic E-state index is 0.0224. The average Bonchev–Trinajstić information content (AvgIpc) is 2.82. The zero-order valence-corrected chi connectivity index (χ0v) is 13.0. The van der Waals surface area contributed by atoms with Gasteiger partial charge in [-0.1, -0.05) is 46.3 Å². The summed E-state index contributed by atoms with van der Waals surface area (Å²) in [5.41, 5.74) is 2.48. The Labute approximate surface area is 131 Å². The van der Waals surface area contributed by atoms with Crippen LogP contribution in [-0.2, 0) is 6.54 Å². The molecule has 0 saturated heterocycles. The number of hydrogen-bond donors (Lipinski definition) is 0. The van der Waals surface area contributed by atoms with Crippen LogP contribution in [0.25, 0.3) is 0 Å². The van der Waals surface area contributed by atoms with Gasteiger partial charge in [0.15, 0.2) is 5.78 Å². The molecule has 106 valence electrons. The molecule has 0 aromatic heterocycles. The van der Waals surface area contributed by atoms with E-state index in [1.807, 2.05) is 36.4 Å². The van der Waals surface area contributed by atoms with Crippen LogP contribution < -0.4 is 0 Å². The molecule has 1 aliphatic rings. The quantitative estimate of drug-likeness (QED) is 0.794. The molecule has 2 aromatic carbocycles. The van der Waals surface area contributed by atoms with Crippen LogP contribution in [-0.4, -0.2) is 23.1 Å². The highest BCUT2D eigenvalue weighted by atomic mass is 79.9. The smallest absolute Gasteiger partial charge is 0.254 e. The van der Waals surface area contributed by atoms with E-state index in [2.05, 4.69) is 15.9 Å². The Bertz CT molecular complexity index is 694. The summed E-state index contributed by atoms with van der Waals surface area (Å²) in [5, 5.41) is 0. The van der Waals surface area contributed by atoms with Crippen LogP contribution >= 0.6 is 15.9 Å². The van der Waals surface area contributed by atoms with Crippen molar-refractivity contribution in [3.8, 4) is 0 Å². The lowest BCUT2D eigenvalue weighted by Gasteiger charge is -2.14. The molecule has 0 unspecified atom stereocenters. The summed E-state index contributed by atoms with van der Waals surface area (Å²) in [4.78, 5) is 26.1. The highest BCUT2D eigenvalue weighted by Crippen LogP contribution is 2.22. The topological polar surface area (TPSA) is 37.4 Å². The molecule has 0 radical (unpaired) electrons. The van der Waals surface area contributed by atoms with E-state index in [1.54, 1.807) is 17.0 Å². The molecule has 0 saturated carbocycles. The normalized spacial score (nSPS) is 13.4. The van der Waals surface area contributed by atoms with Crippen LogP contribution in [0, 0.1) is 0 Å². The molecular weight excluding hydrogens is 330 g/mol. The number of ketones is 1. The van der Waals surface area contributed by atoms with Gasteiger partial charge in [0.25, 0.3) is 5.91 Å². The SMILES string of the molecule is O=C(CCN1Cc2ccccc2C1=O)c1ccc(Br)cc1. The molecule has 0 N–H and O–H groups in total. The van der Waals surface area contributed by atoms with E-state index < -0.39 is 0 Å². The lowest BCUT2D eigenvalue weighted by atomic mass is 10.1. The lowest BCUT2D eigenvalue weighted by molar-refractivity contribution is 0.0766. The second kappa shape index (κ2) is 5.82. The van der Waals surface area contributed by atoms with Gasteiger partial charge in [-0.05, 0) is 23.8 Å². The summed E-state index contributed by atoms with van der Waals surface area (Å²) in [7, 11) is 0. The van der Waals surface area contributed by atoms with Crippen molar-refractivity contribution in [1.29, 1.82) is 0 Å². The van der Waals surface area contributed by atoms with Gasteiger partial charge in [-0.3, -0.25) is 9.59 Å². The fourth-order valence-corrected chi connectivity index (χ4v) is 2.78. The molecule has 3 nitrogen and oxygen atoms in total. The molecule has 21 heavy (non-hydrogen) atoms. The zero-order chi connectivity index (χ0) is 14.8. The molecule has 4 heteroatoms. The van der Waals surface area contributed by atoms with Crippen LogP contribution in [0.2, 0.25) is 0 Å². The molecule has 0 aliphatic carbocycles. The van der Waals surface area contributed by atoms with E-state index in [9.17, 15) is 9.59 Å². The first-order valence-corrected chi connectivity index (χ1v) is 7.60. The number of carbonyl (C=O) groups is 2. The number of fused-ring (bicyclic) bond motifs is 1. The molecule has 1 heterocycles. The Hall–Kier alpha value is -1.94. The lowest BCUT2D eigenvalue weighted by Crippen LogP contribution is -2.26. The molecule has 1 amide bonds. The number of halogens is 1. The number of carbonyl (C=O) groups excluding carboxylic acids is 2. The number of nitrogens with zero attached hydrogens (tertiary/aromatic N) is 1. The van der Waals surface area contributed by atoms with Gasteiger partial charge in [0.1, 0.15) is 0 Å². The van der Waals surface area contributed by atoms with Crippen LogP contribution in [0.5, 0.6) is 0 Å². The summed E-state index contributed by atoms with van der Waals surface area (Å²) < 4.78 is 0.948. The molecular formula is C17H14BrNO2. The van der Waals surface area contributed by atoms with Crippen molar-refractivity contribution in [2.24, 2.45) is 0 Å². The van der Waals surface area contributed by atoms with E-state index in [0.717, 1.165) is 15.6 Å². The monoisotopic (exact) mass is 343 g/mol. The maximum absolute atomic E-state index is 12.2. The molecule has 3 rings (SSSR count). The van der Waals surface area contributed by atoms with Crippen molar-refractivity contribution >= 4 is 27.6 Å². The fraction of sp³-hybridized carbons (Fsp3) is 0.176. The number of Topliss-reactive ketones (excluding diaryl/α,β-unsaturated/α-hetero) is 1. The number of hydrogen-bond acceptors (Lipinski definition) is 2. The van der Waals surface area contributed by atoms with Gasteiger partial charge in [0.2, 0.25) is 0 Å². The Kier molecular flexibility index (Phi) is 3.88. The summed E-state index contributed by atoms with van der Waals surface area (Å²) in [6, 6.07) is 14.9. The first-order chi connectivity index (χ1) is 10.1. The predicted octanol–water partition coefficient (Wildman–Crippen LogP) is 3.68.